The van der Waals surface area contributed by atoms with Gasteiger partial charge in [0.15, 0.2) is 0 Å². The lowest BCUT2D eigenvalue weighted by molar-refractivity contribution is 0.255. The van der Waals surface area contributed by atoms with Gasteiger partial charge in [-0.2, -0.15) is 0 Å². The van der Waals surface area contributed by atoms with Gasteiger partial charge in [0.2, 0.25) is 0 Å². The normalized spacial score (nSPS) is 15.2. The average molecular weight is 263 g/mol. The SMILES string of the molecule is CC(CCO)CNC(C)CC(C)(C)c1ccccc1. The molecule has 108 valence electrons. The van der Waals surface area contributed by atoms with E-state index < -0.39 is 0 Å². The minimum Gasteiger partial charge on any atom is -0.396 e. The third kappa shape index (κ3) is 5.75. The zero-order valence-corrected chi connectivity index (χ0v) is 12.8. The van der Waals surface area contributed by atoms with Crippen molar-refractivity contribution in [2.75, 3.05) is 13.2 Å². The molecule has 0 spiro atoms. The van der Waals surface area contributed by atoms with Gasteiger partial charge in [-0.1, -0.05) is 51.1 Å². The van der Waals surface area contributed by atoms with Gasteiger partial charge in [-0.15, -0.1) is 0 Å². The van der Waals surface area contributed by atoms with Crippen LogP contribution in [0.25, 0.3) is 0 Å². The van der Waals surface area contributed by atoms with Crippen molar-refractivity contribution in [2.24, 2.45) is 5.92 Å². The average Bonchev–Trinajstić information content (AvgIpc) is 2.37. The molecule has 1 aromatic rings. The van der Waals surface area contributed by atoms with Crippen molar-refractivity contribution in [3.05, 3.63) is 35.9 Å². The Kier molecular flexibility index (Phi) is 6.53. The molecule has 0 saturated heterocycles. The molecule has 2 atom stereocenters. The highest BCUT2D eigenvalue weighted by Gasteiger charge is 2.23. The number of rotatable bonds is 8. The Labute approximate surface area is 118 Å². The van der Waals surface area contributed by atoms with Crippen molar-refractivity contribution in [3.8, 4) is 0 Å². The molecule has 2 nitrogen and oxygen atoms in total. The Morgan fingerprint density at radius 3 is 2.37 bits per heavy atom. The second-order valence-electron chi connectivity index (χ2n) is 6.38. The maximum atomic E-state index is 8.91. The largest absolute Gasteiger partial charge is 0.396 e. The van der Waals surface area contributed by atoms with Crippen LogP contribution in [-0.2, 0) is 5.41 Å². The molecule has 2 heteroatoms. The van der Waals surface area contributed by atoms with E-state index in [1.165, 1.54) is 5.56 Å². The third-order valence-electron chi connectivity index (χ3n) is 3.81. The lowest BCUT2D eigenvalue weighted by Crippen LogP contribution is -2.35. The molecule has 0 aliphatic carbocycles. The molecule has 0 fully saturated rings. The number of aliphatic hydroxyl groups is 1. The molecule has 0 bridgehead atoms. The van der Waals surface area contributed by atoms with E-state index in [0.29, 0.717) is 12.0 Å². The number of hydrogen-bond donors (Lipinski definition) is 2. The summed E-state index contributed by atoms with van der Waals surface area (Å²) >= 11 is 0. The second kappa shape index (κ2) is 7.66. The molecule has 0 amide bonds. The van der Waals surface area contributed by atoms with E-state index in [0.717, 1.165) is 19.4 Å². The van der Waals surface area contributed by atoms with Crippen LogP contribution in [-0.4, -0.2) is 24.3 Å². The molecule has 0 radical (unpaired) electrons. The summed E-state index contributed by atoms with van der Waals surface area (Å²) in [5.41, 5.74) is 1.58. The van der Waals surface area contributed by atoms with Crippen LogP contribution in [0.3, 0.4) is 0 Å². The first-order valence-corrected chi connectivity index (χ1v) is 7.35. The van der Waals surface area contributed by atoms with Crippen molar-refractivity contribution in [1.29, 1.82) is 0 Å². The van der Waals surface area contributed by atoms with Crippen molar-refractivity contribution < 1.29 is 5.11 Å². The number of nitrogens with one attached hydrogen (secondary N) is 1. The number of aliphatic hydroxyl groups excluding tert-OH is 1. The molecule has 2 N–H and O–H groups in total. The number of benzene rings is 1. The first-order chi connectivity index (χ1) is 8.95. The standard InChI is InChI=1S/C17H29NO/c1-14(10-11-19)13-18-15(2)12-17(3,4)16-8-6-5-7-9-16/h5-9,14-15,18-19H,10-13H2,1-4H3. The third-order valence-corrected chi connectivity index (χ3v) is 3.81. The molecule has 0 aliphatic heterocycles. The summed E-state index contributed by atoms with van der Waals surface area (Å²) in [6.45, 7) is 10.3. The van der Waals surface area contributed by atoms with Crippen LogP contribution in [0, 0.1) is 5.92 Å². The van der Waals surface area contributed by atoms with E-state index in [9.17, 15) is 0 Å². The van der Waals surface area contributed by atoms with Crippen molar-refractivity contribution >= 4 is 0 Å². The van der Waals surface area contributed by atoms with Crippen LogP contribution >= 0.6 is 0 Å². The minimum atomic E-state index is 0.188. The van der Waals surface area contributed by atoms with E-state index >= 15 is 0 Å². The van der Waals surface area contributed by atoms with Crippen LogP contribution in [0.2, 0.25) is 0 Å². The summed E-state index contributed by atoms with van der Waals surface area (Å²) in [7, 11) is 0. The lowest BCUT2D eigenvalue weighted by Gasteiger charge is -2.29. The van der Waals surface area contributed by atoms with Crippen LogP contribution in [0.15, 0.2) is 30.3 Å². The van der Waals surface area contributed by atoms with Crippen LogP contribution in [0.4, 0.5) is 0 Å². The highest BCUT2D eigenvalue weighted by Crippen LogP contribution is 2.28. The maximum Gasteiger partial charge on any atom is 0.0434 e. The van der Waals surface area contributed by atoms with Crippen molar-refractivity contribution in [1.82, 2.24) is 5.32 Å². The van der Waals surface area contributed by atoms with E-state index in [-0.39, 0.29) is 12.0 Å². The quantitative estimate of drug-likeness (QED) is 0.754. The fourth-order valence-corrected chi connectivity index (χ4v) is 2.57. The molecule has 19 heavy (non-hydrogen) atoms. The maximum absolute atomic E-state index is 8.91. The molecule has 2 unspecified atom stereocenters. The van der Waals surface area contributed by atoms with Gasteiger partial charge in [0.25, 0.3) is 0 Å². The smallest absolute Gasteiger partial charge is 0.0434 e. The Bertz CT molecular complexity index is 348. The fourth-order valence-electron chi connectivity index (χ4n) is 2.57. The molecule has 1 rings (SSSR count). The fraction of sp³-hybridized carbons (Fsp3) is 0.647. The Balaban J connectivity index is 2.45. The highest BCUT2D eigenvalue weighted by molar-refractivity contribution is 5.23. The molecule has 0 saturated carbocycles. The van der Waals surface area contributed by atoms with Gasteiger partial charge in [-0.25, -0.2) is 0 Å². The zero-order valence-electron chi connectivity index (χ0n) is 12.8. The molecular weight excluding hydrogens is 234 g/mol. The Morgan fingerprint density at radius 1 is 1.16 bits per heavy atom. The second-order valence-corrected chi connectivity index (χ2v) is 6.38. The molecule has 0 aliphatic rings. The van der Waals surface area contributed by atoms with E-state index in [1.54, 1.807) is 0 Å². The Morgan fingerprint density at radius 2 is 1.79 bits per heavy atom. The minimum absolute atomic E-state index is 0.188. The first-order valence-electron chi connectivity index (χ1n) is 7.35. The highest BCUT2D eigenvalue weighted by atomic mass is 16.3. The first kappa shape index (κ1) is 16.2. The van der Waals surface area contributed by atoms with Crippen molar-refractivity contribution in [3.63, 3.8) is 0 Å². The molecular formula is C17H29NO. The summed E-state index contributed by atoms with van der Waals surface area (Å²) in [4.78, 5) is 0. The summed E-state index contributed by atoms with van der Waals surface area (Å²) in [6, 6.07) is 11.2. The molecule has 1 aromatic carbocycles. The van der Waals surface area contributed by atoms with Gasteiger partial charge >= 0.3 is 0 Å². The van der Waals surface area contributed by atoms with Crippen molar-refractivity contribution in [2.45, 2.75) is 52.0 Å². The van der Waals surface area contributed by atoms with E-state index in [1.807, 2.05) is 0 Å². The number of hydrogen-bond acceptors (Lipinski definition) is 2. The van der Waals surface area contributed by atoms with Gasteiger partial charge in [0.05, 0.1) is 0 Å². The summed E-state index contributed by atoms with van der Waals surface area (Å²) < 4.78 is 0. The predicted molar refractivity (Wildman–Crippen MR) is 82.4 cm³/mol. The van der Waals surface area contributed by atoms with Crippen LogP contribution in [0.5, 0.6) is 0 Å². The van der Waals surface area contributed by atoms with E-state index in [2.05, 4.69) is 63.3 Å². The van der Waals surface area contributed by atoms with Gasteiger partial charge in [-0.3, -0.25) is 0 Å². The van der Waals surface area contributed by atoms with Crippen LogP contribution < -0.4 is 5.32 Å². The predicted octanol–water partition coefficient (Wildman–Crippen LogP) is 3.35. The molecule has 0 heterocycles. The van der Waals surface area contributed by atoms with Gasteiger partial charge in [0, 0.05) is 12.6 Å². The summed E-state index contributed by atoms with van der Waals surface area (Å²) in [5.74, 6) is 0.535. The van der Waals surface area contributed by atoms with Gasteiger partial charge in [0.1, 0.15) is 0 Å². The van der Waals surface area contributed by atoms with Gasteiger partial charge < -0.3 is 10.4 Å². The zero-order chi connectivity index (χ0) is 14.3. The topological polar surface area (TPSA) is 32.3 Å². The monoisotopic (exact) mass is 263 g/mol. The van der Waals surface area contributed by atoms with E-state index in [4.69, 9.17) is 5.11 Å². The van der Waals surface area contributed by atoms with Gasteiger partial charge in [-0.05, 0) is 43.2 Å². The van der Waals surface area contributed by atoms with Crippen LogP contribution in [0.1, 0.15) is 46.1 Å². The Hall–Kier alpha value is -0.860. The summed E-state index contributed by atoms with van der Waals surface area (Å²) in [6.07, 6.45) is 1.99. The summed E-state index contributed by atoms with van der Waals surface area (Å²) in [5, 5.41) is 12.5. The lowest BCUT2D eigenvalue weighted by atomic mass is 9.79. The molecule has 0 aromatic heterocycles.